The number of nitrogens with one attached hydrogen (secondary N) is 2. The fraction of sp³-hybridized carbons (Fsp3) is 0.370. The van der Waals surface area contributed by atoms with E-state index in [4.69, 9.17) is 9.47 Å². The number of hydrogen-bond acceptors (Lipinski definition) is 6. The van der Waals surface area contributed by atoms with Crippen molar-refractivity contribution in [1.29, 1.82) is 0 Å². The first-order valence-electron chi connectivity index (χ1n) is 12.2. The van der Waals surface area contributed by atoms with Gasteiger partial charge in [-0.1, -0.05) is 12.1 Å². The van der Waals surface area contributed by atoms with Crippen LogP contribution in [0.2, 0.25) is 0 Å². The van der Waals surface area contributed by atoms with Gasteiger partial charge in [0.1, 0.15) is 11.0 Å². The number of hydrogen-bond donors (Lipinski definition) is 2. The van der Waals surface area contributed by atoms with E-state index in [9.17, 15) is 9.59 Å². The van der Waals surface area contributed by atoms with Crippen LogP contribution in [0.25, 0.3) is 21.9 Å². The predicted octanol–water partition coefficient (Wildman–Crippen LogP) is 3.63. The van der Waals surface area contributed by atoms with Crippen molar-refractivity contribution >= 4 is 33.5 Å². The van der Waals surface area contributed by atoms with Crippen LogP contribution in [0.4, 0.5) is 5.69 Å². The van der Waals surface area contributed by atoms with E-state index in [1.807, 2.05) is 0 Å². The molecular formula is C27H33N5O4. The Balaban J connectivity index is 1.34. The van der Waals surface area contributed by atoms with Crippen molar-refractivity contribution in [3.8, 4) is 11.5 Å². The zero-order chi connectivity index (χ0) is 25.7. The SMILES string of the molecule is CCN(CCCNC(=O)CCn1cnc2c([nH]c3cc(OC)c(OC)cc32)c1=O)c1cccc(C)c1. The number of aryl methyl sites for hydroxylation is 2. The van der Waals surface area contributed by atoms with Gasteiger partial charge in [-0.2, -0.15) is 0 Å². The minimum Gasteiger partial charge on any atom is -0.493 e. The Hall–Kier alpha value is -4.01. The van der Waals surface area contributed by atoms with E-state index in [0.717, 1.165) is 30.4 Å². The molecule has 2 aromatic carbocycles. The second-order valence-corrected chi connectivity index (χ2v) is 8.72. The molecule has 2 N–H and O–H groups in total. The molecule has 1 amide bonds. The molecule has 4 aromatic rings. The van der Waals surface area contributed by atoms with Gasteiger partial charge < -0.3 is 24.7 Å². The second kappa shape index (κ2) is 11.2. The number of methoxy groups -OCH3 is 2. The van der Waals surface area contributed by atoms with Crippen molar-refractivity contribution < 1.29 is 14.3 Å². The Morgan fingerprint density at radius 2 is 1.94 bits per heavy atom. The van der Waals surface area contributed by atoms with Crippen LogP contribution in [0.15, 0.2) is 47.5 Å². The van der Waals surface area contributed by atoms with Crippen LogP contribution in [-0.4, -0.2) is 54.3 Å². The summed E-state index contributed by atoms with van der Waals surface area (Å²) in [4.78, 5) is 35.4. The molecule has 0 fully saturated rings. The van der Waals surface area contributed by atoms with Crippen LogP contribution in [-0.2, 0) is 11.3 Å². The van der Waals surface area contributed by atoms with Gasteiger partial charge in [-0.15, -0.1) is 0 Å². The van der Waals surface area contributed by atoms with E-state index >= 15 is 0 Å². The number of H-pyrrole nitrogens is 1. The number of ether oxygens (including phenoxy) is 2. The van der Waals surface area contributed by atoms with Crippen LogP contribution in [0.5, 0.6) is 11.5 Å². The van der Waals surface area contributed by atoms with E-state index in [-0.39, 0.29) is 24.4 Å². The second-order valence-electron chi connectivity index (χ2n) is 8.72. The maximum atomic E-state index is 13.0. The number of aromatic amines is 1. The summed E-state index contributed by atoms with van der Waals surface area (Å²) in [5.74, 6) is 1.04. The monoisotopic (exact) mass is 491 g/mol. The number of rotatable bonds is 11. The molecule has 0 saturated carbocycles. The van der Waals surface area contributed by atoms with Crippen LogP contribution >= 0.6 is 0 Å². The smallest absolute Gasteiger partial charge is 0.277 e. The highest BCUT2D eigenvalue weighted by Gasteiger charge is 2.15. The minimum atomic E-state index is -0.223. The molecule has 0 unspecified atom stereocenters. The summed E-state index contributed by atoms with van der Waals surface area (Å²) in [6.07, 6.45) is 2.52. The lowest BCUT2D eigenvalue weighted by molar-refractivity contribution is -0.121. The lowest BCUT2D eigenvalue weighted by Crippen LogP contribution is -2.31. The van der Waals surface area contributed by atoms with E-state index < -0.39 is 0 Å². The molecule has 0 aliphatic carbocycles. The summed E-state index contributed by atoms with van der Waals surface area (Å²) in [5, 5.41) is 3.74. The standard InChI is InChI=1S/C27H33N5O4/c1-5-31(19-9-6-8-18(2)14-19)12-7-11-28-24(33)10-13-32-17-29-25-20-15-22(35-3)23(36-4)16-21(20)30-26(25)27(32)34/h6,8-9,14-17,30H,5,7,10-13H2,1-4H3,(H,28,33). The topological polar surface area (TPSA) is 101 Å². The largest absolute Gasteiger partial charge is 0.493 e. The molecule has 0 bridgehead atoms. The average molecular weight is 492 g/mol. The zero-order valence-corrected chi connectivity index (χ0v) is 21.3. The Bertz CT molecular complexity index is 1430. The molecule has 0 aliphatic rings. The van der Waals surface area contributed by atoms with Crippen molar-refractivity contribution in [3.63, 3.8) is 0 Å². The maximum absolute atomic E-state index is 13.0. The van der Waals surface area contributed by atoms with Gasteiger partial charge in [0.05, 0.1) is 26.1 Å². The molecule has 0 atom stereocenters. The third-order valence-corrected chi connectivity index (χ3v) is 6.33. The summed E-state index contributed by atoms with van der Waals surface area (Å²) >= 11 is 0. The Kier molecular flexibility index (Phi) is 7.77. The fourth-order valence-corrected chi connectivity index (χ4v) is 4.38. The van der Waals surface area contributed by atoms with Gasteiger partial charge in [-0.3, -0.25) is 14.2 Å². The van der Waals surface area contributed by atoms with Crippen molar-refractivity contribution in [2.45, 2.75) is 33.2 Å². The fourth-order valence-electron chi connectivity index (χ4n) is 4.38. The molecule has 2 heterocycles. The van der Waals surface area contributed by atoms with Gasteiger partial charge in [0, 0.05) is 49.7 Å². The summed E-state index contributed by atoms with van der Waals surface area (Å²) in [6.45, 7) is 6.81. The molecule has 36 heavy (non-hydrogen) atoms. The first-order chi connectivity index (χ1) is 17.4. The lowest BCUT2D eigenvalue weighted by Gasteiger charge is -2.23. The number of carbonyl (C=O) groups is 1. The lowest BCUT2D eigenvalue weighted by atomic mass is 10.2. The molecule has 190 valence electrons. The molecule has 0 spiro atoms. The minimum absolute atomic E-state index is 0.0910. The number of anilines is 1. The normalized spacial score (nSPS) is 11.1. The Morgan fingerprint density at radius 3 is 2.67 bits per heavy atom. The summed E-state index contributed by atoms with van der Waals surface area (Å²) < 4.78 is 12.2. The van der Waals surface area contributed by atoms with Crippen molar-refractivity contribution in [2.24, 2.45) is 0 Å². The highest BCUT2D eigenvalue weighted by atomic mass is 16.5. The number of benzene rings is 2. The third kappa shape index (κ3) is 5.30. The zero-order valence-electron chi connectivity index (χ0n) is 21.3. The molecule has 9 heteroatoms. The maximum Gasteiger partial charge on any atom is 0.277 e. The summed E-state index contributed by atoms with van der Waals surface area (Å²) in [7, 11) is 3.13. The number of aromatic nitrogens is 3. The third-order valence-electron chi connectivity index (χ3n) is 6.33. The van der Waals surface area contributed by atoms with Crippen LogP contribution in [0.1, 0.15) is 25.3 Å². The van der Waals surface area contributed by atoms with Crippen LogP contribution < -0.4 is 25.2 Å². The highest BCUT2D eigenvalue weighted by Crippen LogP contribution is 2.34. The highest BCUT2D eigenvalue weighted by molar-refractivity contribution is 6.05. The van der Waals surface area contributed by atoms with Gasteiger partial charge in [0.2, 0.25) is 5.91 Å². The Labute approximate surface area is 210 Å². The first kappa shape index (κ1) is 25.1. The van der Waals surface area contributed by atoms with Crippen molar-refractivity contribution in [2.75, 3.05) is 38.8 Å². The first-order valence-corrected chi connectivity index (χ1v) is 12.2. The average Bonchev–Trinajstić information content (AvgIpc) is 3.25. The van der Waals surface area contributed by atoms with Crippen LogP contribution in [0.3, 0.4) is 0 Å². The molecule has 0 aliphatic heterocycles. The van der Waals surface area contributed by atoms with E-state index in [1.165, 1.54) is 22.1 Å². The summed E-state index contributed by atoms with van der Waals surface area (Å²) in [6, 6.07) is 12.0. The number of amides is 1. The molecule has 0 radical (unpaired) electrons. The van der Waals surface area contributed by atoms with E-state index in [1.54, 1.807) is 26.4 Å². The van der Waals surface area contributed by atoms with Gasteiger partial charge in [0.15, 0.2) is 11.5 Å². The van der Waals surface area contributed by atoms with Gasteiger partial charge >= 0.3 is 0 Å². The summed E-state index contributed by atoms with van der Waals surface area (Å²) in [5.41, 5.74) is 3.88. The number of carbonyl (C=O) groups excluding carboxylic acids is 1. The van der Waals surface area contributed by atoms with E-state index in [2.05, 4.69) is 58.3 Å². The van der Waals surface area contributed by atoms with Crippen molar-refractivity contribution in [3.05, 3.63) is 58.6 Å². The van der Waals surface area contributed by atoms with Gasteiger partial charge in [-0.25, -0.2) is 4.98 Å². The Morgan fingerprint density at radius 1 is 1.17 bits per heavy atom. The van der Waals surface area contributed by atoms with Crippen molar-refractivity contribution in [1.82, 2.24) is 19.9 Å². The van der Waals surface area contributed by atoms with Crippen LogP contribution in [0, 0.1) is 6.92 Å². The van der Waals surface area contributed by atoms with Gasteiger partial charge in [-0.05, 0) is 44.0 Å². The molecule has 4 rings (SSSR count). The molecule has 2 aromatic heterocycles. The quantitative estimate of drug-likeness (QED) is 0.311. The molecular weight excluding hydrogens is 458 g/mol. The molecule has 0 saturated heterocycles. The number of fused-ring (bicyclic) bond motifs is 3. The predicted molar refractivity (Wildman–Crippen MR) is 142 cm³/mol. The van der Waals surface area contributed by atoms with Gasteiger partial charge in [0.25, 0.3) is 5.56 Å². The number of nitrogens with zero attached hydrogens (tertiary/aromatic N) is 3. The van der Waals surface area contributed by atoms with E-state index in [0.29, 0.717) is 29.1 Å². The molecule has 9 nitrogen and oxygen atoms in total.